The summed E-state index contributed by atoms with van der Waals surface area (Å²) in [5.41, 5.74) is 2.20. The molecule has 1 heterocycles. The van der Waals surface area contributed by atoms with E-state index in [-0.39, 0.29) is 5.63 Å². The first-order chi connectivity index (χ1) is 14.1. The van der Waals surface area contributed by atoms with E-state index in [2.05, 4.69) is 6.92 Å². The molecule has 0 unspecified atom stereocenters. The maximum atomic E-state index is 12.5. The summed E-state index contributed by atoms with van der Waals surface area (Å²) < 4.78 is 22.3. The Morgan fingerprint density at radius 2 is 1.55 bits per heavy atom. The Morgan fingerprint density at radius 1 is 0.793 bits per heavy atom. The third kappa shape index (κ3) is 3.63. The van der Waals surface area contributed by atoms with Crippen LogP contribution in [0.1, 0.15) is 18.1 Å². The van der Waals surface area contributed by atoms with Crippen molar-refractivity contribution in [1.29, 1.82) is 0 Å². The van der Waals surface area contributed by atoms with Crippen molar-refractivity contribution in [2.75, 3.05) is 14.2 Å². The van der Waals surface area contributed by atoms with E-state index in [1.165, 1.54) is 0 Å². The fourth-order valence-corrected chi connectivity index (χ4v) is 3.36. The van der Waals surface area contributed by atoms with Crippen LogP contribution in [0, 0.1) is 0 Å². The van der Waals surface area contributed by atoms with Crippen LogP contribution in [0.2, 0.25) is 0 Å². The van der Waals surface area contributed by atoms with Gasteiger partial charge in [-0.1, -0.05) is 31.2 Å². The lowest BCUT2D eigenvalue weighted by molar-refractivity contribution is 0.284. The zero-order valence-corrected chi connectivity index (χ0v) is 16.7. The Hall–Kier alpha value is -3.47. The maximum Gasteiger partial charge on any atom is 0.344 e. The quantitative estimate of drug-likeness (QED) is 0.338. The Bertz CT molecular complexity index is 1220. The Balaban J connectivity index is 1.74. The van der Waals surface area contributed by atoms with Crippen LogP contribution in [0.4, 0.5) is 0 Å². The molecular formula is C24H22O5. The first kappa shape index (κ1) is 18.9. The summed E-state index contributed by atoms with van der Waals surface area (Å²) in [6.07, 6.45) is 0.856. The van der Waals surface area contributed by atoms with Gasteiger partial charge in [0.15, 0.2) is 11.5 Å². The summed E-state index contributed by atoms with van der Waals surface area (Å²) in [4.78, 5) is 12.5. The SMILES string of the molecule is CCc1ccc2c(c1)c(=O)oc1cc(OCc3ccc(OC)cc3)c(OC)cc12. The molecule has 1 aromatic heterocycles. The standard InChI is InChI=1S/C24H22O5/c1-4-15-7-10-18-19-12-22(27-3)23(13-21(19)29-24(25)20(18)11-15)28-14-16-5-8-17(26-2)9-6-16/h5-13H,4,14H2,1-3H3. The van der Waals surface area contributed by atoms with Crippen LogP contribution in [0.15, 0.2) is 63.8 Å². The number of hydrogen-bond donors (Lipinski definition) is 0. The minimum atomic E-state index is -0.353. The summed E-state index contributed by atoms with van der Waals surface area (Å²) >= 11 is 0. The molecule has 0 amide bonds. The maximum absolute atomic E-state index is 12.5. The number of methoxy groups -OCH3 is 2. The molecule has 0 bridgehead atoms. The van der Waals surface area contributed by atoms with Crippen LogP contribution in [-0.4, -0.2) is 14.2 Å². The van der Waals surface area contributed by atoms with E-state index in [0.717, 1.165) is 34.1 Å². The van der Waals surface area contributed by atoms with Crippen molar-refractivity contribution in [3.63, 3.8) is 0 Å². The van der Waals surface area contributed by atoms with Gasteiger partial charge in [0, 0.05) is 16.8 Å². The topological polar surface area (TPSA) is 57.9 Å². The largest absolute Gasteiger partial charge is 0.497 e. The van der Waals surface area contributed by atoms with E-state index in [9.17, 15) is 4.79 Å². The highest BCUT2D eigenvalue weighted by Gasteiger charge is 2.14. The van der Waals surface area contributed by atoms with Crippen LogP contribution < -0.4 is 19.8 Å². The molecule has 0 aliphatic rings. The zero-order chi connectivity index (χ0) is 20.4. The minimum Gasteiger partial charge on any atom is -0.497 e. The molecule has 148 valence electrons. The molecule has 5 nitrogen and oxygen atoms in total. The Kier molecular flexibility index (Phi) is 5.12. The molecule has 0 N–H and O–H groups in total. The van der Waals surface area contributed by atoms with Crippen molar-refractivity contribution in [3.05, 3.63) is 76.1 Å². The van der Waals surface area contributed by atoms with Gasteiger partial charge in [-0.05, 0) is 41.8 Å². The van der Waals surface area contributed by atoms with Gasteiger partial charge in [0.1, 0.15) is 17.9 Å². The van der Waals surface area contributed by atoms with Gasteiger partial charge in [-0.3, -0.25) is 0 Å². The molecule has 0 fully saturated rings. The van der Waals surface area contributed by atoms with Crippen molar-refractivity contribution in [2.45, 2.75) is 20.0 Å². The molecule has 4 aromatic rings. The lowest BCUT2D eigenvalue weighted by Crippen LogP contribution is -2.02. The molecule has 4 rings (SSSR count). The fourth-order valence-electron chi connectivity index (χ4n) is 3.36. The van der Waals surface area contributed by atoms with Gasteiger partial charge in [0.05, 0.1) is 19.6 Å². The summed E-state index contributed by atoms with van der Waals surface area (Å²) in [6.45, 7) is 2.41. The molecule has 0 atom stereocenters. The van der Waals surface area contributed by atoms with Crippen LogP contribution in [0.5, 0.6) is 17.2 Å². The summed E-state index contributed by atoms with van der Waals surface area (Å²) in [7, 11) is 3.23. The predicted molar refractivity (Wildman–Crippen MR) is 113 cm³/mol. The highest BCUT2D eigenvalue weighted by Crippen LogP contribution is 2.35. The summed E-state index contributed by atoms with van der Waals surface area (Å²) in [5.74, 6) is 1.89. The highest BCUT2D eigenvalue weighted by molar-refractivity contribution is 6.05. The number of aryl methyl sites for hydroxylation is 1. The van der Waals surface area contributed by atoms with Crippen molar-refractivity contribution in [2.24, 2.45) is 0 Å². The number of fused-ring (bicyclic) bond motifs is 3. The van der Waals surface area contributed by atoms with Gasteiger partial charge in [0.25, 0.3) is 0 Å². The predicted octanol–water partition coefficient (Wildman–Crippen LogP) is 5.10. The average molecular weight is 390 g/mol. The lowest BCUT2D eigenvalue weighted by atomic mass is 10.0. The zero-order valence-electron chi connectivity index (χ0n) is 16.7. The molecule has 0 spiro atoms. The van der Waals surface area contributed by atoms with E-state index in [1.807, 2.05) is 48.5 Å². The summed E-state index contributed by atoms with van der Waals surface area (Å²) in [5, 5.41) is 2.23. The van der Waals surface area contributed by atoms with Gasteiger partial charge < -0.3 is 18.6 Å². The number of hydrogen-bond acceptors (Lipinski definition) is 5. The minimum absolute atomic E-state index is 0.351. The number of rotatable bonds is 6. The second-order valence-corrected chi connectivity index (χ2v) is 6.76. The third-order valence-corrected chi connectivity index (χ3v) is 5.02. The molecule has 0 saturated heterocycles. The van der Waals surface area contributed by atoms with E-state index in [4.69, 9.17) is 18.6 Å². The first-order valence-electron chi connectivity index (χ1n) is 9.46. The monoisotopic (exact) mass is 390 g/mol. The van der Waals surface area contributed by atoms with Gasteiger partial charge in [-0.2, -0.15) is 0 Å². The van der Waals surface area contributed by atoms with Crippen molar-refractivity contribution < 1.29 is 18.6 Å². The number of ether oxygens (including phenoxy) is 3. The van der Waals surface area contributed by atoms with E-state index in [1.54, 1.807) is 20.3 Å². The van der Waals surface area contributed by atoms with Crippen LogP contribution >= 0.6 is 0 Å². The van der Waals surface area contributed by atoms with Crippen molar-refractivity contribution in [1.82, 2.24) is 0 Å². The van der Waals surface area contributed by atoms with E-state index < -0.39 is 0 Å². The third-order valence-electron chi connectivity index (χ3n) is 5.02. The van der Waals surface area contributed by atoms with Gasteiger partial charge in [-0.15, -0.1) is 0 Å². The smallest absolute Gasteiger partial charge is 0.344 e. The molecule has 29 heavy (non-hydrogen) atoms. The lowest BCUT2D eigenvalue weighted by Gasteiger charge is -2.13. The number of benzene rings is 3. The molecule has 0 saturated carbocycles. The van der Waals surface area contributed by atoms with E-state index >= 15 is 0 Å². The van der Waals surface area contributed by atoms with Crippen LogP contribution in [0.25, 0.3) is 21.7 Å². The molecule has 5 heteroatoms. The Labute approximate surface area is 168 Å². The Morgan fingerprint density at radius 3 is 2.24 bits per heavy atom. The molecule has 0 aliphatic heterocycles. The van der Waals surface area contributed by atoms with Gasteiger partial charge >= 0.3 is 5.63 Å². The molecular weight excluding hydrogens is 368 g/mol. The van der Waals surface area contributed by atoms with Gasteiger partial charge in [-0.25, -0.2) is 4.79 Å². The second-order valence-electron chi connectivity index (χ2n) is 6.76. The van der Waals surface area contributed by atoms with Crippen molar-refractivity contribution >= 4 is 21.7 Å². The highest BCUT2D eigenvalue weighted by atomic mass is 16.5. The molecule has 0 aliphatic carbocycles. The van der Waals surface area contributed by atoms with Crippen LogP contribution in [0.3, 0.4) is 0 Å². The van der Waals surface area contributed by atoms with Crippen LogP contribution in [-0.2, 0) is 13.0 Å². The van der Waals surface area contributed by atoms with Crippen molar-refractivity contribution in [3.8, 4) is 17.2 Å². The van der Waals surface area contributed by atoms with E-state index in [0.29, 0.717) is 29.1 Å². The molecule has 0 radical (unpaired) electrons. The summed E-state index contributed by atoms with van der Waals surface area (Å²) in [6, 6.07) is 17.1. The normalized spacial score (nSPS) is 11.0. The second kappa shape index (κ2) is 7.87. The molecule has 3 aromatic carbocycles. The average Bonchev–Trinajstić information content (AvgIpc) is 2.77. The first-order valence-corrected chi connectivity index (χ1v) is 9.46. The van der Waals surface area contributed by atoms with Gasteiger partial charge in [0.2, 0.25) is 0 Å². The fraction of sp³-hybridized carbons (Fsp3) is 0.208.